The lowest BCUT2D eigenvalue weighted by molar-refractivity contribution is -0.133. The van der Waals surface area contributed by atoms with Crippen LogP contribution in [0.5, 0.6) is 5.75 Å². The molecule has 1 saturated heterocycles. The van der Waals surface area contributed by atoms with E-state index in [-0.39, 0.29) is 36.0 Å². The molecule has 1 aromatic carbocycles. The van der Waals surface area contributed by atoms with Crippen molar-refractivity contribution in [2.24, 2.45) is 5.10 Å². The highest BCUT2D eigenvalue weighted by Gasteiger charge is 2.37. The maximum Gasteiger partial charge on any atom is 0.271 e. The lowest BCUT2D eigenvalue weighted by atomic mass is 10.1. The lowest BCUT2D eigenvalue weighted by Crippen LogP contribution is -2.42. The van der Waals surface area contributed by atoms with E-state index >= 15 is 0 Å². The van der Waals surface area contributed by atoms with Crippen molar-refractivity contribution in [2.75, 3.05) is 23.9 Å². The van der Waals surface area contributed by atoms with Crippen LogP contribution in [0.15, 0.2) is 23.3 Å². The Labute approximate surface area is 152 Å². The summed E-state index contributed by atoms with van der Waals surface area (Å²) in [5.74, 6) is -0.221. The summed E-state index contributed by atoms with van der Waals surface area (Å²) in [6.07, 6.45) is 0.695. The fourth-order valence-corrected chi connectivity index (χ4v) is 4.79. The zero-order valence-electron chi connectivity index (χ0n) is 14.7. The van der Waals surface area contributed by atoms with Gasteiger partial charge >= 0.3 is 0 Å². The van der Waals surface area contributed by atoms with Crippen molar-refractivity contribution in [2.45, 2.75) is 32.2 Å². The number of amides is 2. The van der Waals surface area contributed by atoms with Crippen LogP contribution < -0.4 is 10.1 Å². The molecule has 2 aliphatic rings. The first-order valence-corrected chi connectivity index (χ1v) is 10.2. The molecule has 0 aromatic heterocycles. The summed E-state index contributed by atoms with van der Waals surface area (Å²) in [5.41, 5.74) is 1.68. The van der Waals surface area contributed by atoms with Crippen molar-refractivity contribution in [3.05, 3.63) is 23.8 Å². The van der Waals surface area contributed by atoms with Crippen molar-refractivity contribution < 1.29 is 22.7 Å². The van der Waals surface area contributed by atoms with Gasteiger partial charge in [-0.15, -0.1) is 0 Å². The van der Waals surface area contributed by atoms with Crippen molar-refractivity contribution in [1.82, 2.24) is 5.01 Å². The van der Waals surface area contributed by atoms with E-state index in [1.54, 1.807) is 12.1 Å². The van der Waals surface area contributed by atoms with Crippen molar-refractivity contribution in [3.63, 3.8) is 0 Å². The Hall–Kier alpha value is -2.42. The van der Waals surface area contributed by atoms with Crippen molar-refractivity contribution in [1.29, 1.82) is 0 Å². The van der Waals surface area contributed by atoms with Gasteiger partial charge in [0, 0.05) is 12.8 Å². The van der Waals surface area contributed by atoms with Crippen molar-refractivity contribution in [3.8, 4) is 5.75 Å². The molecule has 8 nitrogen and oxygen atoms in total. The largest absolute Gasteiger partial charge is 0.495 e. The number of carbonyl (C=O) groups excluding carboxylic acids is 2. The number of hydrogen-bond donors (Lipinski definition) is 1. The molecular formula is C17H21N3O5S. The van der Waals surface area contributed by atoms with Gasteiger partial charge in [0.05, 0.1) is 30.3 Å². The van der Waals surface area contributed by atoms with E-state index in [2.05, 4.69) is 10.4 Å². The number of benzene rings is 1. The smallest absolute Gasteiger partial charge is 0.271 e. The van der Waals surface area contributed by atoms with E-state index in [1.807, 2.05) is 13.0 Å². The summed E-state index contributed by atoms with van der Waals surface area (Å²) in [6.45, 7) is 1.90. The van der Waals surface area contributed by atoms with E-state index in [4.69, 9.17) is 4.74 Å². The van der Waals surface area contributed by atoms with Crippen LogP contribution in [-0.2, 0) is 19.4 Å². The molecule has 1 N–H and O–H groups in total. The fourth-order valence-electron chi connectivity index (χ4n) is 3.10. The maximum atomic E-state index is 12.6. The van der Waals surface area contributed by atoms with Crippen LogP contribution in [0.4, 0.5) is 5.69 Å². The first-order chi connectivity index (χ1) is 12.3. The summed E-state index contributed by atoms with van der Waals surface area (Å²) < 4.78 is 28.6. The molecule has 3 rings (SSSR count). The number of ether oxygens (including phenoxy) is 1. The fraction of sp³-hybridized carbons (Fsp3) is 0.471. The van der Waals surface area contributed by atoms with Crippen LogP contribution in [0, 0.1) is 6.92 Å². The van der Waals surface area contributed by atoms with Gasteiger partial charge in [0.1, 0.15) is 11.5 Å². The minimum Gasteiger partial charge on any atom is -0.495 e. The van der Waals surface area contributed by atoms with Crippen LogP contribution >= 0.6 is 0 Å². The molecule has 9 heteroatoms. The molecule has 0 unspecified atom stereocenters. The average molecular weight is 379 g/mol. The van der Waals surface area contributed by atoms with Crippen LogP contribution in [0.3, 0.4) is 0 Å². The number of sulfone groups is 1. The van der Waals surface area contributed by atoms with Gasteiger partial charge in [0.15, 0.2) is 9.84 Å². The summed E-state index contributed by atoms with van der Waals surface area (Å²) in [5, 5.41) is 8.11. The van der Waals surface area contributed by atoms with Gasteiger partial charge in [-0.25, -0.2) is 13.4 Å². The van der Waals surface area contributed by atoms with Gasteiger partial charge < -0.3 is 10.1 Å². The molecule has 1 fully saturated rings. The van der Waals surface area contributed by atoms with Gasteiger partial charge in [-0.2, -0.15) is 5.10 Å². The molecule has 0 aliphatic carbocycles. The summed E-state index contributed by atoms with van der Waals surface area (Å²) in [6, 6.07) is 4.91. The Kier molecular flexibility index (Phi) is 4.99. The number of carbonyl (C=O) groups is 2. The second kappa shape index (κ2) is 7.06. The van der Waals surface area contributed by atoms with Gasteiger partial charge in [-0.05, 0) is 31.0 Å². The first kappa shape index (κ1) is 18.4. The predicted octanol–water partition coefficient (Wildman–Crippen LogP) is 1.11. The zero-order chi connectivity index (χ0) is 18.9. The minimum absolute atomic E-state index is 0.0407. The number of anilines is 1. The number of rotatable bonds is 4. The van der Waals surface area contributed by atoms with E-state index in [1.165, 1.54) is 12.1 Å². The maximum absolute atomic E-state index is 12.6. The number of hydrogen-bond acceptors (Lipinski definition) is 6. The molecule has 26 heavy (non-hydrogen) atoms. The van der Waals surface area contributed by atoms with Crippen LogP contribution in [0.1, 0.15) is 24.8 Å². The average Bonchev–Trinajstić information content (AvgIpc) is 2.95. The SMILES string of the molecule is COc1ccc(C)cc1NC(=O)C1=NN([C@H]2CCS(=O)(=O)C2)C(=O)CC1. The molecular weight excluding hydrogens is 358 g/mol. The Morgan fingerprint density at radius 1 is 1.35 bits per heavy atom. The molecule has 1 atom stereocenters. The highest BCUT2D eigenvalue weighted by Crippen LogP contribution is 2.26. The first-order valence-electron chi connectivity index (χ1n) is 8.35. The summed E-state index contributed by atoms with van der Waals surface area (Å²) >= 11 is 0. The second-order valence-electron chi connectivity index (χ2n) is 6.50. The third kappa shape index (κ3) is 3.87. The number of methoxy groups -OCH3 is 1. The van der Waals surface area contributed by atoms with Gasteiger partial charge in [0.25, 0.3) is 5.91 Å². The van der Waals surface area contributed by atoms with Crippen LogP contribution in [0.25, 0.3) is 0 Å². The predicted molar refractivity (Wildman–Crippen MR) is 96.9 cm³/mol. The Morgan fingerprint density at radius 2 is 2.12 bits per heavy atom. The highest BCUT2D eigenvalue weighted by atomic mass is 32.2. The molecule has 1 aromatic rings. The number of nitrogens with zero attached hydrogens (tertiary/aromatic N) is 2. The van der Waals surface area contributed by atoms with Gasteiger partial charge in [0.2, 0.25) is 5.91 Å². The zero-order valence-corrected chi connectivity index (χ0v) is 15.5. The molecule has 0 saturated carbocycles. The monoisotopic (exact) mass is 379 g/mol. The van der Waals surface area contributed by atoms with E-state index in [9.17, 15) is 18.0 Å². The molecule has 2 amide bonds. The lowest BCUT2D eigenvalue weighted by Gasteiger charge is -2.27. The van der Waals surface area contributed by atoms with E-state index in [0.29, 0.717) is 17.9 Å². The standard InChI is InChI=1S/C17H21N3O5S/c1-11-3-5-15(25-2)14(9-11)18-17(22)13-4-6-16(21)20(19-13)12-7-8-26(23,24)10-12/h3,5,9,12H,4,6-8,10H2,1-2H3,(H,18,22)/t12-/m0/s1. The molecule has 0 bridgehead atoms. The topological polar surface area (TPSA) is 105 Å². The molecule has 0 radical (unpaired) electrons. The Morgan fingerprint density at radius 3 is 2.77 bits per heavy atom. The second-order valence-corrected chi connectivity index (χ2v) is 8.73. The normalized spacial score (nSPS) is 22.1. The minimum atomic E-state index is -3.15. The summed E-state index contributed by atoms with van der Waals surface area (Å²) in [4.78, 5) is 24.7. The van der Waals surface area contributed by atoms with Crippen molar-refractivity contribution >= 4 is 33.1 Å². The van der Waals surface area contributed by atoms with Gasteiger partial charge in [-0.1, -0.05) is 6.07 Å². The molecule has 0 spiro atoms. The van der Waals surface area contributed by atoms with E-state index in [0.717, 1.165) is 5.56 Å². The summed E-state index contributed by atoms with van der Waals surface area (Å²) in [7, 11) is -1.64. The number of aryl methyl sites for hydroxylation is 1. The Balaban J connectivity index is 1.80. The molecule has 2 heterocycles. The quantitative estimate of drug-likeness (QED) is 0.844. The third-order valence-electron chi connectivity index (χ3n) is 4.48. The third-order valence-corrected chi connectivity index (χ3v) is 6.23. The molecule has 2 aliphatic heterocycles. The van der Waals surface area contributed by atoms with Crippen LogP contribution in [0.2, 0.25) is 0 Å². The van der Waals surface area contributed by atoms with Crippen LogP contribution in [-0.4, -0.2) is 55.6 Å². The number of hydrazone groups is 1. The molecule has 140 valence electrons. The highest BCUT2D eigenvalue weighted by molar-refractivity contribution is 7.91. The number of nitrogens with one attached hydrogen (secondary N) is 1. The van der Waals surface area contributed by atoms with Gasteiger partial charge in [-0.3, -0.25) is 9.59 Å². The van der Waals surface area contributed by atoms with E-state index < -0.39 is 21.8 Å². The Bertz CT molecular complexity index is 878.